The van der Waals surface area contributed by atoms with Crippen LogP contribution in [-0.4, -0.2) is 19.0 Å². The minimum absolute atomic E-state index is 0.0822. The molecular formula is C11H18O2. The van der Waals surface area contributed by atoms with Crippen LogP contribution in [0.1, 0.15) is 33.1 Å². The van der Waals surface area contributed by atoms with Gasteiger partial charge in [0.05, 0.1) is 13.2 Å². The third-order valence-electron chi connectivity index (χ3n) is 3.28. The maximum Gasteiger partial charge on any atom is 0.174 e. The van der Waals surface area contributed by atoms with Crippen molar-refractivity contribution < 1.29 is 9.47 Å². The molecule has 74 valence electrons. The average Bonchev–Trinajstić information content (AvgIpc) is 2.47. The van der Waals surface area contributed by atoms with Crippen molar-refractivity contribution in [2.75, 3.05) is 13.2 Å². The van der Waals surface area contributed by atoms with Gasteiger partial charge < -0.3 is 9.47 Å². The summed E-state index contributed by atoms with van der Waals surface area (Å²) in [5.74, 6) is -0.311. The fourth-order valence-electron chi connectivity index (χ4n) is 2.52. The molecule has 2 nitrogen and oxygen atoms in total. The molecule has 0 aromatic rings. The molecule has 2 heteroatoms. The number of hydrogen-bond acceptors (Lipinski definition) is 2. The molecular weight excluding hydrogens is 164 g/mol. The molecule has 0 aromatic carbocycles. The van der Waals surface area contributed by atoms with Gasteiger partial charge in [0.1, 0.15) is 0 Å². The van der Waals surface area contributed by atoms with Crippen LogP contribution in [-0.2, 0) is 9.47 Å². The first-order valence-corrected chi connectivity index (χ1v) is 5.00. The summed E-state index contributed by atoms with van der Waals surface area (Å²) in [5, 5.41) is 0. The van der Waals surface area contributed by atoms with Gasteiger partial charge in [-0.2, -0.15) is 0 Å². The summed E-state index contributed by atoms with van der Waals surface area (Å²) >= 11 is 0. The zero-order valence-corrected chi connectivity index (χ0v) is 8.56. The molecule has 1 saturated carbocycles. The van der Waals surface area contributed by atoms with Gasteiger partial charge in [-0.3, -0.25) is 0 Å². The molecule has 0 bridgehead atoms. The van der Waals surface area contributed by atoms with Gasteiger partial charge in [0.25, 0.3) is 0 Å². The number of rotatable bonds is 0. The standard InChI is InChI=1S/C11H18O2/c1-9-4-5-11(10(2,3)8-9)12-6-7-13-11/h1,4-8H2,2-3H3. The first kappa shape index (κ1) is 9.22. The van der Waals surface area contributed by atoms with E-state index in [1.807, 2.05) is 0 Å². The van der Waals surface area contributed by atoms with E-state index in [0.717, 1.165) is 32.5 Å². The van der Waals surface area contributed by atoms with Crippen LogP contribution in [0.25, 0.3) is 0 Å². The molecule has 1 saturated heterocycles. The van der Waals surface area contributed by atoms with Gasteiger partial charge in [-0.05, 0) is 12.8 Å². The Bertz CT molecular complexity index is 224. The molecule has 0 amide bonds. The zero-order chi connectivity index (χ0) is 9.53. The van der Waals surface area contributed by atoms with Crippen molar-refractivity contribution in [1.29, 1.82) is 0 Å². The number of hydrogen-bond donors (Lipinski definition) is 0. The zero-order valence-electron chi connectivity index (χ0n) is 8.56. The molecule has 2 fully saturated rings. The van der Waals surface area contributed by atoms with Crippen LogP contribution in [0.5, 0.6) is 0 Å². The Kier molecular flexibility index (Phi) is 2.00. The van der Waals surface area contributed by atoms with Crippen LogP contribution in [0.3, 0.4) is 0 Å². The molecule has 1 spiro atoms. The SMILES string of the molecule is C=C1CCC2(OCCO2)C(C)(C)C1. The lowest BCUT2D eigenvalue weighted by atomic mass is 9.70. The van der Waals surface area contributed by atoms with Gasteiger partial charge in [-0.1, -0.05) is 26.0 Å². The summed E-state index contributed by atoms with van der Waals surface area (Å²) in [5.41, 5.74) is 1.41. The molecule has 0 aromatic heterocycles. The van der Waals surface area contributed by atoms with Crippen LogP contribution >= 0.6 is 0 Å². The second kappa shape index (κ2) is 2.82. The fourth-order valence-corrected chi connectivity index (χ4v) is 2.52. The summed E-state index contributed by atoms with van der Waals surface area (Å²) in [6.07, 6.45) is 3.04. The molecule has 0 radical (unpaired) electrons. The Hall–Kier alpha value is -0.340. The molecule has 1 aliphatic heterocycles. The third-order valence-corrected chi connectivity index (χ3v) is 3.28. The van der Waals surface area contributed by atoms with Crippen molar-refractivity contribution >= 4 is 0 Å². The van der Waals surface area contributed by atoms with Gasteiger partial charge in [0.2, 0.25) is 0 Å². The average molecular weight is 182 g/mol. The van der Waals surface area contributed by atoms with Crippen LogP contribution in [0.4, 0.5) is 0 Å². The lowest BCUT2D eigenvalue weighted by Crippen LogP contribution is -2.48. The van der Waals surface area contributed by atoms with E-state index >= 15 is 0 Å². The second-order valence-corrected chi connectivity index (χ2v) is 4.76. The molecule has 0 unspecified atom stereocenters. The van der Waals surface area contributed by atoms with E-state index < -0.39 is 0 Å². The Balaban J connectivity index is 2.23. The summed E-state index contributed by atoms with van der Waals surface area (Å²) in [6.45, 7) is 9.97. The van der Waals surface area contributed by atoms with Crippen LogP contribution in [0.15, 0.2) is 12.2 Å². The molecule has 2 rings (SSSR count). The Morgan fingerprint density at radius 2 is 1.85 bits per heavy atom. The van der Waals surface area contributed by atoms with Gasteiger partial charge in [0.15, 0.2) is 5.79 Å². The van der Waals surface area contributed by atoms with Crippen LogP contribution < -0.4 is 0 Å². The van der Waals surface area contributed by atoms with E-state index in [2.05, 4.69) is 20.4 Å². The highest BCUT2D eigenvalue weighted by Gasteiger charge is 2.51. The molecule has 1 heterocycles. The van der Waals surface area contributed by atoms with Crippen molar-refractivity contribution in [2.24, 2.45) is 5.41 Å². The van der Waals surface area contributed by atoms with E-state index in [-0.39, 0.29) is 11.2 Å². The van der Waals surface area contributed by atoms with Gasteiger partial charge >= 0.3 is 0 Å². The highest BCUT2D eigenvalue weighted by Crippen LogP contribution is 2.50. The second-order valence-electron chi connectivity index (χ2n) is 4.76. The highest BCUT2D eigenvalue weighted by molar-refractivity contribution is 5.09. The Labute approximate surface area is 79.9 Å². The van der Waals surface area contributed by atoms with Gasteiger partial charge in [-0.25, -0.2) is 0 Å². The molecule has 0 atom stereocenters. The predicted molar refractivity (Wildman–Crippen MR) is 51.4 cm³/mol. The largest absolute Gasteiger partial charge is 0.347 e. The quantitative estimate of drug-likeness (QED) is 0.536. The predicted octanol–water partition coefficient (Wildman–Crippen LogP) is 2.50. The molecule has 0 N–H and O–H groups in total. The van der Waals surface area contributed by atoms with Gasteiger partial charge in [-0.15, -0.1) is 0 Å². The summed E-state index contributed by atoms with van der Waals surface area (Å²) < 4.78 is 11.6. The minimum atomic E-state index is -0.311. The van der Waals surface area contributed by atoms with Crippen LogP contribution in [0.2, 0.25) is 0 Å². The van der Waals surface area contributed by atoms with E-state index in [1.54, 1.807) is 0 Å². The van der Waals surface area contributed by atoms with Crippen LogP contribution in [0, 0.1) is 5.41 Å². The van der Waals surface area contributed by atoms with Crippen molar-refractivity contribution in [3.63, 3.8) is 0 Å². The highest BCUT2D eigenvalue weighted by atomic mass is 16.7. The van der Waals surface area contributed by atoms with E-state index in [4.69, 9.17) is 9.47 Å². The van der Waals surface area contributed by atoms with Crippen molar-refractivity contribution in [1.82, 2.24) is 0 Å². The monoisotopic (exact) mass is 182 g/mol. The van der Waals surface area contributed by atoms with Crippen molar-refractivity contribution in [3.05, 3.63) is 12.2 Å². The lowest BCUT2D eigenvalue weighted by Gasteiger charge is -2.46. The van der Waals surface area contributed by atoms with Crippen molar-refractivity contribution in [2.45, 2.75) is 38.9 Å². The summed E-state index contributed by atoms with van der Waals surface area (Å²) in [4.78, 5) is 0. The van der Waals surface area contributed by atoms with E-state index in [0.29, 0.717) is 0 Å². The topological polar surface area (TPSA) is 18.5 Å². The van der Waals surface area contributed by atoms with E-state index in [1.165, 1.54) is 5.57 Å². The molecule has 13 heavy (non-hydrogen) atoms. The smallest absolute Gasteiger partial charge is 0.174 e. The molecule has 2 aliphatic rings. The maximum absolute atomic E-state index is 5.78. The van der Waals surface area contributed by atoms with E-state index in [9.17, 15) is 0 Å². The summed E-state index contributed by atoms with van der Waals surface area (Å²) in [7, 11) is 0. The van der Waals surface area contributed by atoms with Gasteiger partial charge in [0, 0.05) is 11.8 Å². The lowest BCUT2D eigenvalue weighted by molar-refractivity contribution is -0.238. The first-order chi connectivity index (χ1) is 6.06. The fraction of sp³-hybridized carbons (Fsp3) is 0.818. The van der Waals surface area contributed by atoms with Crippen molar-refractivity contribution in [3.8, 4) is 0 Å². The Morgan fingerprint density at radius 1 is 1.23 bits per heavy atom. The number of ether oxygens (including phenoxy) is 2. The Morgan fingerprint density at radius 3 is 2.38 bits per heavy atom. The normalized spacial score (nSPS) is 31.1. The number of allylic oxidation sites excluding steroid dienone is 1. The minimum Gasteiger partial charge on any atom is -0.347 e. The summed E-state index contributed by atoms with van der Waals surface area (Å²) in [6, 6.07) is 0. The molecule has 1 aliphatic carbocycles. The first-order valence-electron chi connectivity index (χ1n) is 5.00. The maximum atomic E-state index is 5.78. The third kappa shape index (κ3) is 1.32.